The molecule has 6 nitrogen and oxygen atoms in total. The van der Waals surface area contributed by atoms with Crippen molar-refractivity contribution < 1.29 is 13.9 Å². The maximum atomic E-state index is 14.1. The second-order valence-corrected chi connectivity index (χ2v) is 8.07. The highest BCUT2D eigenvalue weighted by Crippen LogP contribution is 2.22. The van der Waals surface area contributed by atoms with Gasteiger partial charge >= 0.3 is 6.03 Å². The van der Waals surface area contributed by atoms with E-state index in [1.54, 1.807) is 13.2 Å². The van der Waals surface area contributed by atoms with Gasteiger partial charge in [-0.3, -0.25) is 4.90 Å². The zero-order chi connectivity index (χ0) is 20.8. The number of methoxy groups -OCH3 is 1. The average Bonchev–Trinajstić information content (AvgIpc) is 2.71. The lowest BCUT2D eigenvalue weighted by Gasteiger charge is -2.35. The van der Waals surface area contributed by atoms with Crippen LogP contribution in [-0.4, -0.2) is 62.7 Å². The van der Waals surface area contributed by atoms with Gasteiger partial charge < -0.3 is 20.3 Å². The van der Waals surface area contributed by atoms with Gasteiger partial charge in [-0.2, -0.15) is 0 Å². The molecule has 1 aliphatic rings. The lowest BCUT2D eigenvalue weighted by atomic mass is 10.1. The molecule has 3 rings (SSSR count). The molecule has 1 fully saturated rings. The topological polar surface area (TPSA) is 56.8 Å². The minimum Gasteiger partial charge on any atom is -0.497 e. The largest absolute Gasteiger partial charge is 0.497 e. The number of hydrogen-bond acceptors (Lipinski definition) is 4. The molecule has 1 unspecified atom stereocenters. The lowest BCUT2D eigenvalue weighted by Crippen LogP contribution is -2.48. The fraction of sp³-hybridized carbons (Fsp3) is 0.381. The summed E-state index contributed by atoms with van der Waals surface area (Å²) in [5, 5.41) is 5.60. The first-order valence-electron chi connectivity index (χ1n) is 9.52. The van der Waals surface area contributed by atoms with E-state index in [1.807, 2.05) is 24.3 Å². The third-order valence-electron chi connectivity index (χ3n) is 5.04. The molecule has 0 radical (unpaired) electrons. The molecule has 1 atom stereocenters. The number of amides is 2. The second-order valence-electron chi connectivity index (χ2n) is 7.15. The van der Waals surface area contributed by atoms with E-state index < -0.39 is 11.8 Å². The van der Waals surface area contributed by atoms with Crippen molar-refractivity contribution in [3.63, 3.8) is 0 Å². The van der Waals surface area contributed by atoms with Crippen LogP contribution in [0.4, 0.5) is 14.9 Å². The molecule has 1 heterocycles. The van der Waals surface area contributed by atoms with Gasteiger partial charge in [-0.15, -0.1) is 0 Å². The zero-order valence-electron chi connectivity index (χ0n) is 16.6. The number of urea groups is 1. The quantitative estimate of drug-likeness (QED) is 0.683. The van der Waals surface area contributed by atoms with Crippen LogP contribution in [0.15, 0.2) is 46.9 Å². The summed E-state index contributed by atoms with van der Waals surface area (Å²) in [4.78, 5) is 17.2. The van der Waals surface area contributed by atoms with Crippen molar-refractivity contribution in [1.29, 1.82) is 0 Å². The summed E-state index contributed by atoms with van der Waals surface area (Å²) >= 11 is 3.22. The third-order valence-corrected chi connectivity index (χ3v) is 5.53. The number of carbonyl (C=O) groups is 1. The maximum Gasteiger partial charge on any atom is 0.319 e. The van der Waals surface area contributed by atoms with E-state index in [0.29, 0.717) is 11.0 Å². The Morgan fingerprint density at radius 1 is 1.17 bits per heavy atom. The van der Waals surface area contributed by atoms with Crippen LogP contribution in [-0.2, 0) is 0 Å². The molecule has 2 aromatic rings. The molecule has 8 heteroatoms. The van der Waals surface area contributed by atoms with Crippen LogP contribution in [0.5, 0.6) is 5.75 Å². The van der Waals surface area contributed by atoms with Gasteiger partial charge in [0.25, 0.3) is 0 Å². The van der Waals surface area contributed by atoms with Crippen molar-refractivity contribution in [1.82, 2.24) is 15.1 Å². The smallest absolute Gasteiger partial charge is 0.319 e. The van der Waals surface area contributed by atoms with E-state index in [9.17, 15) is 9.18 Å². The number of piperazine rings is 1. The normalized spacial score (nSPS) is 16.3. The summed E-state index contributed by atoms with van der Waals surface area (Å²) in [6.45, 7) is 4.54. The Morgan fingerprint density at radius 3 is 2.48 bits per heavy atom. The van der Waals surface area contributed by atoms with Crippen LogP contribution in [0, 0.1) is 5.82 Å². The number of nitrogens with zero attached hydrogens (tertiary/aromatic N) is 2. The third kappa shape index (κ3) is 6.16. The summed E-state index contributed by atoms with van der Waals surface area (Å²) in [7, 11) is 3.73. The molecule has 2 N–H and O–H groups in total. The van der Waals surface area contributed by atoms with Gasteiger partial charge in [-0.1, -0.05) is 28.1 Å². The number of halogens is 2. The van der Waals surface area contributed by atoms with Crippen molar-refractivity contribution in [3.8, 4) is 5.75 Å². The Balaban J connectivity index is 1.71. The first-order valence-corrected chi connectivity index (χ1v) is 10.3. The molecule has 2 amide bonds. The van der Waals surface area contributed by atoms with E-state index in [-0.39, 0.29) is 11.7 Å². The minimum atomic E-state index is -0.491. The van der Waals surface area contributed by atoms with Crippen molar-refractivity contribution in [2.45, 2.75) is 6.04 Å². The Kier molecular flexibility index (Phi) is 7.46. The number of nitrogens with one attached hydrogen (secondary N) is 2. The molecule has 1 aliphatic heterocycles. The molecule has 0 aromatic heterocycles. The minimum absolute atomic E-state index is 0.138. The molecule has 29 heavy (non-hydrogen) atoms. The highest BCUT2D eigenvalue weighted by molar-refractivity contribution is 9.10. The highest BCUT2D eigenvalue weighted by Gasteiger charge is 2.22. The van der Waals surface area contributed by atoms with Gasteiger partial charge in [-0.05, 0) is 42.9 Å². The summed E-state index contributed by atoms with van der Waals surface area (Å²) in [6, 6.07) is 11.5. The maximum absolute atomic E-state index is 14.1. The van der Waals surface area contributed by atoms with Gasteiger partial charge in [-0.25, -0.2) is 9.18 Å². The number of benzene rings is 2. The van der Waals surface area contributed by atoms with E-state index in [0.717, 1.165) is 37.5 Å². The first-order chi connectivity index (χ1) is 13.9. The first kappa shape index (κ1) is 21.5. The van der Waals surface area contributed by atoms with Crippen molar-refractivity contribution in [3.05, 3.63) is 58.3 Å². The van der Waals surface area contributed by atoms with Crippen LogP contribution in [0.25, 0.3) is 0 Å². The molecular weight excluding hydrogens is 439 g/mol. The van der Waals surface area contributed by atoms with E-state index >= 15 is 0 Å². The Morgan fingerprint density at radius 2 is 1.86 bits per heavy atom. The van der Waals surface area contributed by atoms with Gasteiger partial charge in [0.15, 0.2) is 0 Å². The fourth-order valence-corrected chi connectivity index (χ4v) is 3.60. The average molecular weight is 465 g/mol. The van der Waals surface area contributed by atoms with Gasteiger partial charge in [0.2, 0.25) is 0 Å². The number of anilines is 1. The molecule has 0 saturated carbocycles. The van der Waals surface area contributed by atoms with Crippen LogP contribution in [0.3, 0.4) is 0 Å². The SMILES string of the molecule is COc1ccc(C(CN2CCN(C)CC2)NC(=O)Nc2ccc(Br)cc2F)cc1. The number of ether oxygens (including phenoxy) is 1. The zero-order valence-corrected chi connectivity index (χ0v) is 18.2. The summed E-state index contributed by atoms with van der Waals surface area (Å²) in [5.41, 5.74) is 1.11. The van der Waals surface area contributed by atoms with Crippen LogP contribution < -0.4 is 15.4 Å². The number of carbonyl (C=O) groups excluding carboxylic acids is 1. The lowest BCUT2D eigenvalue weighted by molar-refractivity contribution is 0.143. The fourth-order valence-electron chi connectivity index (χ4n) is 3.27. The molecular formula is C21H26BrFN4O2. The van der Waals surface area contributed by atoms with Gasteiger partial charge in [0.1, 0.15) is 11.6 Å². The summed E-state index contributed by atoms with van der Waals surface area (Å²) < 4.78 is 19.9. The van der Waals surface area contributed by atoms with Crippen LogP contribution in [0.2, 0.25) is 0 Å². The number of likely N-dealkylation sites (N-methyl/N-ethyl adjacent to an activating group) is 1. The molecule has 1 saturated heterocycles. The Hall–Kier alpha value is -2.16. The number of hydrogen-bond donors (Lipinski definition) is 2. The molecule has 0 spiro atoms. The predicted octanol–water partition coefficient (Wildman–Crippen LogP) is 3.71. The molecule has 156 valence electrons. The molecule has 0 aliphatic carbocycles. The van der Waals surface area contributed by atoms with E-state index in [4.69, 9.17) is 4.74 Å². The van der Waals surface area contributed by atoms with Crippen LogP contribution in [0.1, 0.15) is 11.6 Å². The number of rotatable bonds is 6. The van der Waals surface area contributed by atoms with Crippen molar-refractivity contribution in [2.75, 3.05) is 52.2 Å². The van der Waals surface area contributed by atoms with E-state index in [1.165, 1.54) is 12.1 Å². The van der Waals surface area contributed by atoms with E-state index in [2.05, 4.69) is 43.4 Å². The van der Waals surface area contributed by atoms with Gasteiger partial charge in [0.05, 0.1) is 18.8 Å². The predicted molar refractivity (Wildman–Crippen MR) is 116 cm³/mol. The van der Waals surface area contributed by atoms with Crippen molar-refractivity contribution >= 4 is 27.6 Å². The van der Waals surface area contributed by atoms with Gasteiger partial charge in [0, 0.05) is 37.2 Å². The Bertz CT molecular complexity index is 826. The summed E-state index contributed by atoms with van der Waals surface area (Å²) in [5.74, 6) is 0.267. The second kappa shape index (κ2) is 10.0. The Labute approximate surface area is 179 Å². The highest BCUT2D eigenvalue weighted by atomic mass is 79.9. The molecule has 0 bridgehead atoms. The monoisotopic (exact) mass is 464 g/mol. The van der Waals surface area contributed by atoms with Crippen LogP contribution >= 0.6 is 15.9 Å². The van der Waals surface area contributed by atoms with Crippen molar-refractivity contribution in [2.24, 2.45) is 0 Å². The molecule has 2 aromatic carbocycles. The summed E-state index contributed by atoms with van der Waals surface area (Å²) in [6.07, 6.45) is 0. The standard InChI is InChI=1S/C21H26BrFN4O2/c1-26-9-11-27(12-10-26)14-20(15-3-6-17(29-2)7-4-15)25-21(28)24-19-8-5-16(22)13-18(19)23/h3-8,13,20H,9-12,14H2,1-2H3,(H2,24,25,28).